The molecule has 0 bridgehead atoms. The lowest BCUT2D eigenvalue weighted by Gasteiger charge is -2.40. The molecule has 152 valence electrons. The number of hydrogen-bond acceptors (Lipinski definition) is 4. The van der Waals surface area contributed by atoms with E-state index in [0.29, 0.717) is 44.7 Å². The van der Waals surface area contributed by atoms with Gasteiger partial charge in [0.05, 0.1) is 11.0 Å². The van der Waals surface area contributed by atoms with Gasteiger partial charge in [0.2, 0.25) is 0 Å². The maximum absolute atomic E-state index is 14.4. The Balaban J connectivity index is 2.03. The van der Waals surface area contributed by atoms with Gasteiger partial charge in [0.15, 0.2) is 0 Å². The van der Waals surface area contributed by atoms with Gasteiger partial charge in [0.1, 0.15) is 11.4 Å². The lowest BCUT2D eigenvalue weighted by Crippen LogP contribution is -2.51. The number of carbonyl (C=O) groups excluding carboxylic acids is 1. The first-order valence-electron chi connectivity index (χ1n) is 9.20. The summed E-state index contributed by atoms with van der Waals surface area (Å²) in [6.07, 6.45) is 1.90. The van der Waals surface area contributed by atoms with E-state index in [1.54, 1.807) is 23.3 Å². The van der Waals surface area contributed by atoms with Crippen LogP contribution in [0, 0.1) is 5.82 Å². The first-order valence-corrected chi connectivity index (χ1v) is 10.8. The van der Waals surface area contributed by atoms with Gasteiger partial charge in [-0.3, -0.25) is 4.90 Å². The third-order valence-corrected chi connectivity index (χ3v) is 5.00. The summed E-state index contributed by atoms with van der Waals surface area (Å²) in [5.74, 6) is -0.241. The minimum Gasteiger partial charge on any atom is -0.444 e. The largest absolute Gasteiger partial charge is 0.444 e. The van der Waals surface area contributed by atoms with Crippen molar-refractivity contribution in [2.75, 3.05) is 39.0 Å². The third-order valence-electron chi connectivity index (χ3n) is 4.39. The maximum atomic E-state index is 14.4. The molecule has 8 heteroatoms. The normalized spacial score (nSPS) is 18.2. The van der Waals surface area contributed by atoms with E-state index >= 15 is 0 Å². The topological polar surface area (TPSA) is 61.9 Å². The van der Waals surface area contributed by atoms with Gasteiger partial charge in [-0.25, -0.2) is 18.1 Å². The predicted molar refractivity (Wildman–Crippen MR) is 105 cm³/mol. The Morgan fingerprint density at radius 2 is 1.89 bits per heavy atom. The van der Waals surface area contributed by atoms with Crippen LogP contribution in [-0.4, -0.2) is 64.7 Å². The number of benzene rings is 1. The number of nitrogens with one attached hydrogen (secondary N) is 1. The molecule has 1 heterocycles. The van der Waals surface area contributed by atoms with E-state index in [9.17, 15) is 13.4 Å². The van der Waals surface area contributed by atoms with Crippen LogP contribution in [0.15, 0.2) is 24.3 Å². The molecule has 2 rings (SSSR count). The summed E-state index contributed by atoms with van der Waals surface area (Å²) in [4.78, 5) is 16.1. The quantitative estimate of drug-likeness (QED) is 0.799. The first kappa shape index (κ1) is 21.8. The van der Waals surface area contributed by atoms with E-state index in [4.69, 9.17) is 4.74 Å². The van der Waals surface area contributed by atoms with Gasteiger partial charge in [0.25, 0.3) is 0 Å². The Hall–Kier alpha value is -1.51. The lowest BCUT2D eigenvalue weighted by atomic mass is 10.0. The molecule has 1 aromatic rings. The van der Waals surface area contributed by atoms with Crippen LogP contribution in [0.4, 0.5) is 9.18 Å². The molecular weight excluding hydrogens is 369 g/mol. The molecular formula is C19H30FN3O3S. The highest BCUT2D eigenvalue weighted by Gasteiger charge is 2.30. The van der Waals surface area contributed by atoms with Crippen molar-refractivity contribution in [1.82, 2.24) is 14.5 Å². The Labute approximate surface area is 163 Å². The van der Waals surface area contributed by atoms with Crippen molar-refractivity contribution in [1.29, 1.82) is 0 Å². The van der Waals surface area contributed by atoms with Crippen LogP contribution in [0.1, 0.15) is 38.8 Å². The number of carbonyl (C=O) groups is 1. The number of halogens is 1. The summed E-state index contributed by atoms with van der Waals surface area (Å²) in [7, 11) is -1.10. The van der Waals surface area contributed by atoms with Gasteiger partial charge in [-0.1, -0.05) is 18.2 Å². The van der Waals surface area contributed by atoms with Gasteiger partial charge >= 0.3 is 6.09 Å². The van der Waals surface area contributed by atoms with Crippen molar-refractivity contribution in [3.63, 3.8) is 0 Å². The van der Waals surface area contributed by atoms with Crippen LogP contribution >= 0.6 is 0 Å². The molecule has 1 amide bonds. The van der Waals surface area contributed by atoms with E-state index < -0.39 is 16.6 Å². The summed E-state index contributed by atoms with van der Waals surface area (Å²) in [6, 6.07) is 6.63. The molecule has 0 aliphatic carbocycles. The van der Waals surface area contributed by atoms with Crippen molar-refractivity contribution in [2.24, 2.45) is 0 Å². The minimum atomic E-state index is -1.10. The van der Waals surface area contributed by atoms with Crippen LogP contribution in [0.3, 0.4) is 0 Å². The number of nitrogens with zero attached hydrogens (tertiary/aromatic N) is 2. The average molecular weight is 400 g/mol. The molecule has 0 aromatic heterocycles. The Morgan fingerprint density at radius 1 is 1.26 bits per heavy atom. The van der Waals surface area contributed by atoms with Crippen LogP contribution in [-0.2, 0) is 15.7 Å². The fourth-order valence-corrected chi connectivity index (χ4v) is 3.57. The maximum Gasteiger partial charge on any atom is 0.410 e. The second-order valence-electron chi connectivity index (χ2n) is 7.68. The SMILES string of the molecule is CS(=O)NCCC(c1ccccc1F)N1CCN(C(=O)OC(C)(C)C)CC1. The molecule has 1 saturated heterocycles. The fourth-order valence-electron chi connectivity index (χ4n) is 3.16. The summed E-state index contributed by atoms with van der Waals surface area (Å²) in [6.45, 7) is 8.40. The zero-order valence-corrected chi connectivity index (χ0v) is 17.4. The van der Waals surface area contributed by atoms with Crippen LogP contribution in [0.5, 0.6) is 0 Å². The van der Waals surface area contributed by atoms with E-state index in [-0.39, 0.29) is 18.0 Å². The van der Waals surface area contributed by atoms with Gasteiger partial charge in [-0.15, -0.1) is 0 Å². The predicted octanol–water partition coefficient (Wildman–Crippen LogP) is 2.69. The molecule has 1 aliphatic rings. The standard InChI is InChI=1S/C19H30FN3O3S/c1-19(2,3)26-18(24)23-13-11-22(12-14-23)17(9-10-21-27(4)25)15-7-5-6-8-16(15)20/h5-8,17,21H,9-14H2,1-4H3. The fraction of sp³-hybridized carbons (Fsp3) is 0.632. The zero-order chi connectivity index (χ0) is 20.0. The second-order valence-corrected chi connectivity index (χ2v) is 8.87. The summed E-state index contributed by atoms with van der Waals surface area (Å²) in [5, 5.41) is 0. The number of hydrogen-bond donors (Lipinski definition) is 1. The highest BCUT2D eigenvalue weighted by atomic mass is 32.2. The van der Waals surface area contributed by atoms with Gasteiger partial charge in [0, 0.05) is 50.6 Å². The number of amides is 1. The highest BCUT2D eigenvalue weighted by Crippen LogP contribution is 2.27. The molecule has 0 spiro atoms. The lowest BCUT2D eigenvalue weighted by molar-refractivity contribution is 0.00960. The summed E-state index contributed by atoms with van der Waals surface area (Å²) < 4.78 is 34.0. The van der Waals surface area contributed by atoms with Crippen LogP contribution in [0.25, 0.3) is 0 Å². The van der Waals surface area contributed by atoms with E-state index in [1.165, 1.54) is 6.07 Å². The monoisotopic (exact) mass is 399 g/mol. The zero-order valence-electron chi connectivity index (χ0n) is 16.5. The number of ether oxygens (including phenoxy) is 1. The molecule has 1 N–H and O–H groups in total. The minimum absolute atomic E-state index is 0.136. The van der Waals surface area contributed by atoms with E-state index in [2.05, 4.69) is 9.62 Å². The Morgan fingerprint density at radius 3 is 2.44 bits per heavy atom. The van der Waals surface area contributed by atoms with Gasteiger partial charge in [-0.05, 0) is 33.3 Å². The summed E-state index contributed by atoms with van der Waals surface area (Å²) >= 11 is 0. The van der Waals surface area contributed by atoms with Gasteiger partial charge in [-0.2, -0.15) is 0 Å². The molecule has 2 atom stereocenters. The highest BCUT2D eigenvalue weighted by molar-refractivity contribution is 7.82. The molecule has 1 fully saturated rings. The van der Waals surface area contributed by atoms with Crippen molar-refractivity contribution in [3.05, 3.63) is 35.6 Å². The van der Waals surface area contributed by atoms with E-state index in [0.717, 1.165) is 0 Å². The summed E-state index contributed by atoms with van der Waals surface area (Å²) in [5.41, 5.74) is 0.109. The molecule has 1 aliphatic heterocycles. The first-order chi connectivity index (χ1) is 12.7. The third kappa shape index (κ3) is 6.86. The number of rotatable bonds is 6. The second kappa shape index (κ2) is 9.61. The molecule has 0 saturated carbocycles. The molecule has 0 radical (unpaired) electrons. The number of piperazine rings is 1. The van der Waals surface area contributed by atoms with Crippen molar-refractivity contribution in [3.8, 4) is 0 Å². The van der Waals surface area contributed by atoms with E-state index in [1.807, 2.05) is 26.8 Å². The Bertz CT molecular complexity index is 658. The molecule has 6 nitrogen and oxygen atoms in total. The van der Waals surface area contributed by atoms with Crippen molar-refractivity contribution in [2.45, 2.75) is 38.8 Å². The van der Waals surface area contributed by atoms with Crippen molar-refractivity contribution < 1.29 is 18.1 Å². The average Bonchev–Trinajstić information content (AvgIpc) is 2.58. The molecule has 1 aromatic carbocycles. The van der Waals surface area contributed by atoms with Crippen LogP contribution < -0.4 is 4.72 Å². The van der Waals surface area contributed by atoms with Gasteiger partial charge < -0.3 is 9.64 Å². The van der Waals surface area contributed by atoms with Crippen LogP contribution in [0.2, 0.25) is 0 Å². The Kier molecular flexibility index (Phi) is 7.76. The van der Waals surface area contributed by atoms with Crippen molar-refractivity contribution >= 4 is 17.1 Å². The molecule has 27 heavy (non-hydrogen) atoms. The smallest absolute Gasteiger partial charge is 0.410 e. The molecule has 2 unspecified atom stereocenters.